The molecular weight excluding hydrogens is 322 g/mol. The zero-order valence-corrected chi connectivity index (χ0v) is 15.1. The fourth-order valence-corrected chi connectivity index (χ4v) is 3.63. The molecule has 1 heterocycles. The van der Waals surface area contributed by atoms with Crippen molar-refractivity contribution < 1.29 is 4.79 Å². The van der Waals surface area contributed by atoms with E-state index >= 15 is 0 Å². The van der Waals surface area contributed by atoms with Crippen LogP contribution in [0.2, 0.25) is 5.02 Å². The van der Waals surface area contributed by atoms with Crippen LogP contribution in [0.15, 0.2) is 30.4 Å². The summed E-state index contributed by atoms with van der Waals surface area (Å²) in [6.07, 6.45) is 7.00. The number of likely N-dealkylation sites (N-methyl/N-ethyl adjacent to an activating group) is 1. The number of benzene rings is 1. The summed E-state index contributed by atoms with van der Waals surface area (Å²) in [6.45, 7) is 7.35. The van der Waals surface area contributed by atoms with E-state index in [0.717, 1.165) is 63.4 Å². The number of rotatable bonds is 4. The number of anilines is 2. The lowest BCUT2D eigenvalue weighted by molar-refractivity contribution is -0.120. The normalized spacial score (nSPS) is 21.8. The number of allylic oxidation sites excluding steroid dienone is 2. The highest BCUT2D eigenvalue weighted by Crippen LogP contribution is 2.31. The number of nitrogens with one attached hydrogen (secondary N) is 1. The van der Waals surface area contributed by atoms with E-state index in [0.29, 0.717) is 5.02 Å². The standard InChI is InChI=1S/C19H26ClN3O/c1-2-22-10-12-23(13-11-22)18-9-8-16(20)14-17(18)21-19(24)15-6-4-3-5-7-15/h3-4,8-9,14-15H,2,5-7,10-13H2,1H3,(H,21,24)/t15-/m1/s1. The molecule has 1 atom stereocenters. The van der Waals surface area contributed by atoms with E-state index in [9.17, 15) is 4.79 Å². The van der Waals surface area contributed by atoms with Gasteiger partial charge in [0.15, 0.2) is 0 Å². The molecule has 1 amide bonds. The quantitative estimate of drug-likeness (QED) is 0.842. The van der Waals surface area contributed by atoms with Crippen molar-refractivity contribution in [2.45, 2.75) is 26.2 Å². The molecule has 1 N–H and O–H groups in total. The maximum Gasteiger partial charge on any atom is 0.227 e. The van der Waals surface area contributed by atoms with Gasteiger partial charge in [0.2, 0.25) is 5.91 Å². The monoisotopic (exact) mass is 347 g/mol. The van der Waals surface area contributed by atoms with E-state index in [1.54, 1.807) is 0 Å². The fraction of sp³-hybridized carbons (Fsp3) is 0.526. The molecule has 1 aromatic rings. The third kappa shape index (κ3) is 4.11. The summed E-state index contributed by atoms with van der Waals surface area (Å²) in [4.78, 5) is 17.4. The molecule has 3 rings (SSSR count). The zero-order chi connectivity index (χ0) is 16.9. The molecule has 1 aliphatic carbocycles. The Morgan fingerprint density at radius 3 is 2.71 bits per heavy atom. The van der Waals surface area contributed by atoms with Gasteiger partial charge < -0.3 is 15.1 Å². The number of piperazine rings is 1. The van der Waals surface area contributed by atoms with Gasteiger partial charge in [0.1, 0.15) is 0 Å². The molecule has 1 saturated heterocycles. The topological polar surface area (TPSA) is 35.6 Å². The van der Waals surface area contributed by atoms with Crippen molar-refractivity contribution >= 4 is 28.9 Å². The number of hydrogen-bond donors (Lipinski definition) is 1. The Morgan fingerprint density at radius 2 is 2.04 bits per heavy atom. The third-order valence-electron chi connectivity index (χ3n) is 5.02. The van der Waals surface area contributed by atoms with E-state index in [-0.39, 0.29) is 11.8 Å². The average Bonchev–Trinajstić information content (AvgIpc) is 2.63. The highest BCUT2D eigenvalue weighted by atomic mass is 35.5. The molecule has 0 unspecified atom stereocenters. The number of carbonyl (C=O) groups is 1. The molecule has 24 heavy (non-hydrogen) atoms. The average molecular weight is 348 g/mol. The summed E-state index contributed by atoms with van der Waals surface area (Å²) in [6, 6.07) is 5.81. The van der Waals surface area contributed by atoms with Crippen molar-refractivity contribution in [1.82, 2.24) is 4.90 Å². The first-order valence-electron chi connectivity index (χ1n) is 8.90. The molecule has 0 radical (unpaired) electrons. The lowest BCUT2D eigenvalue weighted by Crippen LogP contribution is -2.46. The zero-order valence-electron chi connectivity index (χ0n) is 14.3. The Balaban J connectivity index is 1.73. The second kappa shape index (κ2) is 8.04. The first-order chi connectivity index (χ1) is 11.7. The molecular formula is C19H26ClN3O. The predicted molar refractivity (Wildman–Crippen MR) is 101 cm³/mol. The minimum absolute atomic E-state index is 0.0683. The fourth-order valence-electron chi connectivity index (χ4n) is 3.46. The Morgan fingerprint density at radius 1 is 1.25 bits per heavy atom. The molecule has 0 bridgehead atoms. The maximum absolute atomic E-state index is 12.6. The van der Waals surface area contributed by atoms with E-state index in [1.807, 2.05) is 18.2 Å². The van der Waals surface area contributed by atoms with Gasteiger partial charge in [-0.15, -0.1) is 0 Å². The highest BCUT2D eigenvalue weighted by Gasteiger charge is 2.22. The van der Waals surface area contributed by atoms with Gasteiger partial charge in [-0.25, -0.2) is 0 Å². The van der Waals surface area contributed by atoms with Crippen molar-refractivity contribution in [3.63, 3.8) is 0 Å². The molecule has 1 aliphatic heterocycles. The lowest BCUT2D eigenvalue weighted by atomic mass is 9.93. The van der Waals surface area contributed by atoms with Crippen molar-refractivity contribution in [3.8, 4) is 0 Å². The van der Waals surface area contributed by atoms with Gasteiger partial charge in [0, 0.05) is 37.1 Å². The summed E-state index contributed by atoms with van der Waals surface area (Å²) < 4.78 is 0. The third-order valence-corrected chi connectivity index (χ3v) is 5.25. The van der Waals surface area contributed by atoms with E-state index in [1.165, 1.54) is 0 Å². The number of carbonyl (C=O) groups excluding carboxylic acids is 1. The first kappa shape index (κ1) is 17.3. The largest absolute Gasteiger partial charge is 0.367 e. The second-order valence-corrected chi connectivity index (χ2v) is 6.99. The van der Waals surface area contributed by atoms with Crippen LogP contribution in [0.25, 0.3) is 0 Å². The SMILES string of the molecule is CCN1CCN(c2ccc(Cl)cc2NC(=O)[C@@H]2CC=CCC2)CC1. The van der Waals surface area contributed by atoms with Crippen LogP contribution < -0.4 is 10.2 Å². The van der Waals surface area contributed by atoms with Crippen molar-refractivity contribution in [1.29, 1.82) is 0 Å². The first-order valence-corrected chi connectivity index (χ1v) is 9.28. The second-order valence-electron chi connectivity index (χ2n) is 6.55. The van der Waals surface area contributed by atoms with Crippen LogP contribution in [0.5, 0.6) is 0 Å². The molecule has 2 aliphatic rings. The Labute approximate surface area is 149 Å². The minimum Gasteiger partial charge on any atom is -0.367 e. The molecule has 0 saturated carbocycles. The van der Waals surface area contributed by atoms with E-state index < -0.39 is 0 Å². The van der Waals surface area contributed by atoms with Crippen LogP contribution in [0, 0.1) is 5.92 Å². The number of amides is 1. The van der Waals surface area contributed by atoms with Gasteiger partial charge in [0.05, 0.1) is 11.4 Å². The van der Waals surface area contributed by atoms with Gasteiger partial charge in [-0.1, -0.05) is 30.7 Å². The minimum atomic E-state index is 0.0683. The maximum atomic E-state index is 12.6. The molecule has 5 heteroatoms. The van der Waals surface area contributed by atoms with Gasteiger partial charge in [-0.2, -0.15) is 0 Å². The summed E-state index contributed by atoms with van der Waals surface area (Å²) in [5.74, 6) is 0.175. The summed E-state index contributed by atoms with van der Waals surface area (Å²) in [5, 5.41) is 3.79. The number of hydrogen-bond acceptors (Lipinski definition) is 3. The molecule has 0 spiro atoms. The van der Waals surface area contributed by atoms with Gasteiger partial charge in [0.25, 0.3) is 0 Å². The van der Waals surface area contributed by atoms with Crippen molar-refractivity contribution in [2.24, 2.45) is 5.92 Å². The van der Waals surface area contributed by atoms with Crippen molar-refractivity contribution in [2.75, 3.05) is 42.9 Å². The van der Waals surface area contributed by atoms with E-state index in [4.69, 9.17) is 11.6 Å². The van der Waals surface area contributed by atoms with Gasteiger partial charge >= 0.3 is 0 Å². The molecule has 4 nitrogen and oxygen atoms in total. The predicted octanol–water partition coefficient (Wildman–Crippen LogP) is 3.78. The molecule has 1 aromatic carbocycles. The number of nitrogens with zero attached hydrogens (tertiary/aromatic N) is 2. The Hall–Kier alpha value is -1.52. The van der Waals surface area contributed by atoms with Gasteiger partial charge in [-0.05, 0) is 44.0 Å². The van der Waals surface area contributed by atoms with Crippen LogP contribution in [-0.2, 0) is 4.79 Å². The molecule has 130 valence electrons. The van der Waals surface area contributed by atoms with Crippen LogP contribution in [0.4, 0.5) is 11.4 Å². The van der Waals surface area contributed by atoms with E-state index in [2.05, 4.69) is 34.2 Å². The lowest BCUT2D eigenvalue weighted by Gasteiger charge is -2.36. The Bertz CT molecular complexity index is 609. The van der Waals surface area contributed by atoms with Gasteiger partial charge in [-0.3, -0.25) is 4.79 Å². The summed E-state index contributed by atoms with van der Waals surface area (Å²) in [5.41, 5.74) is 1.92. The number of halogens is 1. The Kier molecular flexibility index (Phi) is 5.80. The summed E-state index contributed by atoms with van der Waals surface area (Å²) in [7, 11) is 0. The van der Waals surface area contributed by atoms with Crippen LogP contribution in [0.1, 0.15) is 26.2 Å². The van der Waals surface area contributed by atoms with Crippen LogP contribution >= 0.6 is 11.6 Å². The molecule has 1 fully saturated rings. The molecule has 0 aromatic heterocycles. The van der Waals surface area contributed by atoms with Crippen LogP contribution in [0.3, 0.4) is 0 Å². The smallest absolute Gasteiger partial charge is 0.227 e. The highest BCUT2D eigenvalue weighted by molar-refractivity contribution is 6.31. The van der Waals surface area contributed by atoms with Crippen molar-refractivity contribution in [3.05, 3.63) is 35.4 Å². The summed E-state index contributed by atoms with van der Waals surface area (Å²) >= 11 is 6.18. The van der Waals surface area contributed by atoms with Crippen LogP contribution in [-0.4, -0.2) is 43.5 Å².